The van der Waals surface area contributed by atoms with E-state index in [9.17, 15) is 4.79 Å². The van der Waals surface area contributed by atoms with Crippen molar-refractivity contribution in [1.82, 2.24) is 20.4 Å². The summed E-state index contributed by atoms with van der Waals surface area (Å²) in [6, 6.07) is 1.83. The van der Waals surface area contributed by atoms with Gasteiger partial charge in [-0.3, -0.25) is 9.89 Å². The summed E-state index contributed by atoms with van der Waals surface area (Å²) in [7, 11) is 0. The summed E-state index contributed by atoms with van der Waals surface area (Å²) in [5, 5.41) is 10.4. The molecule has 5 heteroatoms. The Hall–Kier alpha value is -1.36. The second-order valence-electron chi connectivity index (χ2n) is 5.48. The first-order valence-corrected chi connectivity index (χ1v) is 6.76. The van der Waals surface area contributed by atoms with Crippen LogP contribution in [-0.4, -0.2) is 47.2 Å². The predicted molar refractivity (Wildman–Crippen MR) is 68.3 cm³/mol. The van der Waals surface area contributed by atoms with E-state index < -0.39 is 0 Å². The number of carbonyl (C=O) groups excluding carboxylic acids is 1. The monoisotopic (exact) mass is 248 g/mol. The number of carbonyl (C=O) groups is 1. The summed E-state index contributed by atoms with van der Waals surface area (Å²) in [6.45, 7) is 5.89. The van der Waals surface area contributed by atoms with Gasteiger partial charge in [-0.25, -0.2) is 0 Å². The number of H-pyrrole nitrogens is 1. The molecule has 3 heterocycles. The first-order valence-electron chi connectivity index (χ1n) is 6.76. The van der Waals surface area contributed by atoms with Crippen LogP contribution in [0.25, 0.3) is 0 Å². The lowest BCUT2D eigenvalue weighted by atomic mass is 9.92. The molecule has 5 nitrogen and oxygen atoms in total. The Bertz CT molecular complexity index is 428. The maximum atomic E-state index is 12.3. The van der Waals surface area contributed by atoms with Crippen molar-refractivity contribution < 1.29 is 4.79 Å². The zero-order valence-corrected chi connectivity index (χ0v) is 10.8. The molecule has 2 aliphatic rings. The van der Waals surface area contributed by atoms with Crippen molar-refractivity contribution in [3.05, 3.63) is 17.5 Å². The Morgan fingerprint density at radius 3 is 2.56 bits per heavy atom. The molecule has 3 rings (SSSR count). The molecular weight excluding hydrogens is 228 g/mol. The number of rotatable bonds is 1. The number of nitrogens with one attached hydrogen (secondary N) is 2. The zero-order chi connectivity index (χ0) is 12.5. The second-order valence-corrected chi connectivity index (χ2v) is 5.48. The van der Waals surface area contributed by atoms with Crippen LogP contribution >= 0.6 is 0 Å². The largest absolute Gasteiger partial charge is 0.337 e. The van der Waals surface area contributed by atoms with Crippen LogP contribution in [0.2, 0.25) is 0 Å². The van der Waals surface area contributed by atoms with Crippen LogP contribution in [-0.2, 0) is 0 Å². The van der Waals surface area contributed by atoms with Crippen LogP contribution in [0.4, 0.5) is 0 Å². The van der Waals surface area contributed by atoms with Gasteiger partial charge in [0.05, 0.1) is 0 Å². The molecule has 0 spiro atoms. The molecule has 0 aliphatic carbocycles. The van der Waals surface area contributed by atoms with Crippen molar-refractivity contribution >= 4 is 5.91 Å². The maximum absolute atomic E-state index is 12.3. The van der Waals surface area contributed by atoms with Crippen LogP contribution in [0, 0.1) is 18.8 Å². The van der Waals surface area contributed by atoms with Crippen molar-refractivity contribution in [2.75, 3.05) is 26.2 Å². The first kappa shape index (κ1) is 11.7. The molecule has 2 fully saturated rings. The van der Waals surface area contributed by atoms with Gasteiger partial charge in [-0.2, -0.15) is 5.10 Å². The van der Waals surface area contributed by atoms with Crippen molar-refractivity contribution in [2.45, 2.75) is 19.8 Å². The smallest absolute Gasteiger partial charge is 0.274 e. The van der Waals surface area contributed by atoms with E-state index in [-0.39, 0.29) is 5.91 Å². The third-order valence-electron chi connectivity index (χ3n) is 4.23. The summed E-state index contributed by atoms with van der Waals surface area (Å²) < 4.78 is 0. The minimum absolute atomic E-state index is 0.0762. The Balaban J connectivity index is 1.68. The number of nitrogens with zero attached hydrogens (tertiary/aromatic N) is 2. The van der Waals surface area contributed by atoms with E-state index in [1.807, 2.05) is 17.9 Å². The van der Waals surface area contributed by atoms with Crippen LogP contribution in [0.5, 0.6) is 0 Å². The van der Waals surface area contributed by atoms with Gasteiger partial charge in [-0.15, -0.1) is 0 Å². The molecular formula is C13H20N4O. The van der Waals surface area contributed by atoms with E-state index in [1.54, 1.807) is 0 Å². The van der Waals surface area contributed by atoms with Crippen molar-refractivity contribution in [1.29, 1.82) is 0 Å². The third-order valence-corrected chi connectivity index (χ3v) is 4.23. The van der Waals surface area contributed by atoms with E-state index in [2.05, 4.69) is 15.5 Å². The van der Waals surface area contributed by atoms with Gasteiger partial charge in [0.15, 0.2) is 0 Å². The average Bonchev–Trinajstić information content (AvgIpc) is 2.94. The number of fused-ring (bicyclic) bond motifs is 1. The van der Waals surface area contributed by atoms with Crippen LogP contribution in [0.1, 0.15) is 29.0 Å². The van der Waals surface area contributed by atoms with Gasteiger partial charge < -0.3 is 10.2 Å². The Morgan fingerprint density at radius 1 is 1.33 bits per heavy atom. The lowest BCUT2D eigenvalue weighted by Crippen LogP contribution is -2.33. The number of hydrogen-bond acceptors (Lipinski definition) is 3. The van der Waals surface area contributed by atoms with E-state index >= 15 is 0 Å². The van der Waals surface area contributed by atoms with Gasteiger partial charge in [0.1, 0.15) is 5.69 Å². The Labute approximate surface area is 107 Å². The van der Waals surface area contributed by atoms with Gasteiger partial charge in [0.2, 0.25) is 0 Å². The summed E-state index contributed by atoms with van der Waals surface area (Å²) in [4.78, 5) is 14.3. The number of aromatic nitrogens is 2. The average molecular weight is 248 g/mol. The number of aryl methyl sites for hydroxylation is 1. The topological polar surface area (TPSA) is 61.0 Å². The summed E-state index contributed by atoms with van der Waals surface area (Å²) >= 11 is 0. The minimum Gasteiger partial charge on any atom is -0.337 e. The van der Waals surface area contributed by atoms with Crippen LogP contribution < -0.4 is 5.32 Å². The molecule has 2 saturated heterocycles. The fraction of sp³-hybridized carbons (Fsp3) is 0.692. The molecule has 2 N–H and O–H groups in total. The summed E-state index contributed by atoms with van der Waals surface area (Å²) in [5.41, 5.74) is 1.49. The lowest BCUT2D eigenvalue weighted by Gasteiger charge is -2.19. The highest BCUT2D eigenvalue weighted by atomic mass is 16.2. The number of likely N-dealkylation sites (tertiary alicyclic amines) is 1. The van der Waals surface area contributed by atoms with Gasteiger partial charge >= 0.3 is 0 Å². The number of amides is 1. The molecule has 0 radical (unpaired) electrons. The van der Waals surface area contributed by atoms with Gasteiger partial charge in [0.25, 0.3) is 5.91 Å². The SMILES string of the molecule is Cc1cc(C(=O)N2CC[C@@H]3CNC[C@@H]3CC2)n[nH]1. The molecule has 0 unspecified atom stereocenters. The lowest BCUT2D eigenvalue weighted by molar-refractivity contribution is 0.0752. The molecule has 0 bridgehead atoms. The Morgan fingerprint density at radius 2 is 2.00 bits per heavy atom. The third kappa shape index (κ3) is 2.14. The standard InChI is InChI=1S/C13H20N4O/c1-9-6-12(16-15-9)13(18)17-4-2-10-7-14-8-11(10)3-5-17/h6,10-11,14H,2-5,7-8H2,1H3,(H,15,16)/t10-,11+. The normalized spacial score (nSPS) is 27.9. The van der Waals surface area contributed by atoms with E-state index in [0.29, 0.717) is 5.69 Å². The molecule has 2 aliphatic heterocycles. The van der Waals surface area contributed by atoms with Gasteiger partial charge in [-0.05, 0) is 50.8 Å². The van der Waals surface area contributed by atoms with Crippen molar-refractivity contribution in [3.63, 3.8) is 0 Å². The predicted octanol–water partition coefficient (Wildman–Crippen LogP) is 0.790. The van der Waals surface area contributed by atoms with E-state index in [4.69, 9.17) is 0 Å². The second kappa shape index (κ2) is 4.72. The molecule has 1 aromatic rings. The van der Waals surface area contributed by atoms with E-state index in [0.717, 1.165) is 56.6 Å². The summed E-state index contributed by atoms with van der Waals surface area (Å²) in [6.07, 6.45) is 2.24. The van der Waals surface area contributed by atoms with Crippen molar-refractivity contribution in [3.8, 4) is 0 Å². The fourth-order valence-electron chi connectivity index (χ4n) is 3.11. The molecule has 18 heavy (non-hydrogen) atoms. The first-order chi connectivity index (χ1) is 8.74. The molecule has 0 saturated carbocycles. The molecule has 0 aromatic carbocycles. The molecule has 1 aromatic heterocycles. The zero-order valence-electron chi connectivity index (χ0n) is 10.8. The van der Waals surface area contributed by atoms with Gasteiger partial charge in [-0.1, -0.05) is 0 Å². The number of hydrogen-bond donors (Lipinski definition) is 2. The maximum Gasteiger partial charge on any atom is 0.274 e. The Kier molecular flexibility index (Phi) is 3.07. The fourth-order valence-corrected chi connectivity index (χ4v) is 3.11. The minimum atomic E-state index is 0.0762. The summed E-state index contributed by atoms with van der Waals surface area (Å²) in [5.74, 6) is 1.58. The highest BCUT2D eigenvalue weighted by molar-refractivity contribution is 5.92. The van der Waals surface area contributed by atoms with Crippen LogP contribution in [0.3, 0.4) is 0 Å². The van der Waals surface area contributed by atoms with Crippen molar-refractivity contribution in [2.24, 2.45) is 11.8 Å². The van der Waals surface area contributed by atoms with Gasteiger partial charge in [0, 0.05) is 18.8 Å². The molecule has 1 amide bonds. The van der Waals surface area contributed by atoms with E-state index in [1.165, 1.54) is 0 Å². The highest BCUT2D eigenvalue weighted by Crippen LogP contribution is 2.27. The van der Waals surface area contributed by atoms with Crippen LogP contribution in [0.15, 0.2) is 6.07 Å². The molecule has 98 valence electrons. The molecule has 2 atom stereocenters. The highest BCUT2D eigenvalue weighted by Gasteiger charge is 2.32. The quantitative estimate of drug-likeness (QED) is 0.772. The number of aromatic amines is 1.